The molecule has 1 aromatic carbocycles. The van der Waals surface area contributed by atoms with E-state index in [1.165, 1.54) is 6.20 Å². The van der Waals surface area contributed by atoms with Gasteiger partial charge in [0.2, 0.25) is 5.95 Å². The molecule has 0 saturated carbocycles. The van der Waals surface area contributed by atoms with Crippen LogP contribution in [0.1, 0.15) is 30.1 Å². The summed E-state index contributed by atoms with van der Waals surface area (Å²) in [5.41, 5.74) is 6.88. The molecule has 0 unspecified atom stereocenters. The Hall–Kier alpha value is -3.16. The summed E-state index contributed by atoms with van der Waals surface area (Å²) < 4.78 is 5.08. The Morgan fingerprint density at radius 2 is 1.96 bits per heavy atom. The number of para-hydroxylation sites is 1. The Morgan fingerprint density at radius 3 is 2.59 bits per heavy atom. The number of hydrogen-bond donors (Lipinski definition) is 2. The van der Waals surface area contributed by atoms with Crippen LogP contribution in [-0.2, 0) is 9.53 Å². The Morgan fingerprint density at radius 1 is 1.26 bits per heavy atom. The van der Waals surface area contributed by atoms with E-state index in [1.54, 1.807) is 19.1 Å². The van der Waals surface area contributed by atoms with E-state index < -0.39 is 0 Å². The Bertz CT molecular complexity index is 804. The van der Waals surface area contributed by atoms with E-state index in [-0.39, 0.29) is 29.2 Å². The van der Waals surface area contributed by atoms with Crippen LogP contribution in [0.4, 0.5) is 17.5 Å². The number of rotatable bonds is 5. The Kier molecular flexibility index (Phi) is 5.85. The van der Waals surface area contributed by atoms with Crippen LogP contribution < -0.4 is 16.0 Å². The highest BCUT2D eigenvalue weighted by Crippen LogP contribution is 2.23. The summed E-state index contributed by atoms with van der Waals surface area (Å²) in [5.74, 6) is -0.00160. The van der Waals surface area contributed by atoms with Gasteiger partial charge in [-0.05, 0) is 31.9 Å². The summed E-state index contributed by atoms with van der Waals surface area (Å²) >= 11 is 0. The number of aromatic nitrogens is 2. The average Bonchev–Trinajstić information content (AvgIpc) is 2.69. The monoisotopic (exact) mass is 369 g/mol. The van der Waals surface area contributed by atoms with E-state index in [0.717, 1.165) is 0 Å². The first-order valence-electron chi connectivity index (χ1n) is 8.99. The normalized spacial score (nSPS) is 14.6. The molecule has 0 bridgehead atoms. The first-order chi connectivity index (χ1) is 13.1. The molecule has 0 atom stereocenters. The van der Waals surface area contributed by atoms with Crippen LogP contribution in [0, 0.1) is 5.92 Å². The second-order valence-electron chi connectivity index (χ2n) is 6.30. The van der Waals surface area contributed by atoms with Crippen molar-refractivity contribution in [1.82, 2.24) is 9.97 Å². The minimum atomic E-state index is -0.355. The fourth-order valence-electron chi connectivity index (χ4n) is 3.01. The standard InChI is InChI=1S/C19H23N5O3/c1-2-27-18(26)13-8-10-24(11-9-13)19-21-12-15(16(20)23-19)17(25)22-14-6-4-3-5-7-14/h3-7,12-13H,2,8-11H2,1H3,(H,22,25)(H2,20,21,23). The number of nitrogen functional groups attached to an aromatic ring is 1. The predicted octanol–water partition coefficient (Wildman–Crippen LogP) is 2.09. The highest BCUT2D eigenvalue weighted by atomic mass is 16.5. The van der Waals surface area contributed by atoms with Crippen LogP contribution in [0.25, 0.3) is 0 Å². The lowest BCUT2D eigenvalue weighted by atomic mass is 9.97. The number of esters is 1. The van der Waals surface area contributed by atoms with E-state index in [2.05, 4.69) is 15.3 Å². The van der Waals surface area contributed by atoms with Gasteiger partial charge >= 0.3 is 5.97 Å². The smallest absolute Gasteiger partial charge is 0.309 e. The molecule has 2 heterocycles. The van der Waals surface area contributed by atoms with E-state index in [4.69, 9.17) is 10.5 Å². The Balaban J connectivity index is 1.63. The lowest BCUT2D eigenvalue weighted by Crippen LogP contribution is -2.38. The van der Waals surface area contributed by atoms with Gasteiger partial charge in [0.1, 0.15) is 11.4 Å². The number of hydrogen-bond acceptors (Lipinski definition) is 7. The number of amides is 1. The number of piperidine rings is 1. The highest BCUT2D eigenvalue weighted by Gasteiger charge is 2.27. The van der Waals surface area contributed by atoms with Crippen molar-refractivity contribution in [2.75, 3.05) is 35.6 Å². The maximum atomic E-state index is 12.4. The lowest BCUT2D eigenvalue weighted by Gasteiger charge is -2.30. The molecule has 0 spiro atoms. The minimum absolute atomic E-state index is 0.0885. The topological polar surface area (TPSA) is 110 Å². The van der Waals surface area contributed by atoms with Gasteiger partial charge in [0.25, 0.3) is 5.91 Å². The van der Waals surface area contributed by atoms with Gasteiger partial charge in [0.05, 0.1) is 12.5 Å². The summed E-state index contributed by atoms with van der Waals surface area (Å²) in [5, 5.41) is 2.76. The second-order valence-corrected chi connectivity index (χ2v) is 6.30. The maximum absolute atomic E-state index is 12.4. The van der Waals surface area contributed by atoms with Gasteiger partial charge in [-0.2, -0.15) is 4.98 Å². The number of ether oxygens (including phenoxy) is 1. The Labute approximate surface area is 157 Å². The number of anilines is 3. The largest absolute Gasteiger partial charge is 0.466 e. The summed E-state index contributed by atoms with van der Waals surface area (Å²) in [6, 6.07) is 9.11. The van der Waals surface area contributed by atoms with Gasteiger partial charge in [-0.1, -0.05) is 18.2 Å². The van der Waals surface area contributed by atoms with E-state index in [9.17, 15) is 9.59 Å². The molecule has 8 nitrogen and oxygen atoms in total. The van der Waals surface area contributed by atoms with E-state index in [1.807, 2.05) is 23.1 Å². The van der Waals surface area contributed by atoms with Crippen molar-refractivity contribution in [2.24, 2.45) is 5.92 Å². The van der Waals surface area contributed by atoms with Crippen LogP contribution in [0.15, 0.2) is 36.5 Å². The van der Waals surface area contributed by atoms with Crippen molar-refractivity contribution < 1.29 is 14.3 Å². The quantitative estimate of drug-likeness (QED) is 0.776. The summed E-state index contributed by atoms with van der Waals surface area (Å²) in [7, 11) is 0. The van der Waals surface area contributed by atoms with Gasteiger partial charge in [-0.25, -0.2) is 4.98 Å². The molecule has 8 heteroatoms. The first kappa shape index (κ1) is 18.6. The molecule has 0 aliphatic carbocycles. The van der Waals surface area contributed by atoms with E-state index in [0.29, 0.717) is 44.2 Å². The molecule has 1 aliphatic rings. The third-order valence-corrected chi connectivity index (χ3v) is 4.48. The third-order valence-electron chi connectivity index (χ3n) is 4.48. The SMILES string of the molecule is CCOC(=O)C1CCN(c2ncc(C(=O)Nc3ccccc3)c(N)n2)CC1. The van der Waals surface area contributed by atoms with Crippen LogP contribution in [0.5, 0.6) is 0 Å². The molecule has 1 amide bonds. The summed E-state index contributed by atoms with van der Waals surface area (Å²) in [4.78, 5) is 34.7. The van der Waals surface area contributed by atoms with Gasteiger partial charge in [-0.3, -0.25) is 9.59 Å². The fourth-order valence-corrected chi connectivity index (χ4v) is 3.01. The zero-order chi connectivity index (χ0) is 19.2. The maximum Gasteiger partial charge on any atom is 0.309 e. The fraction of sp³-hybridized carbons (Fsp3) is 0.368. The number of benzene rings is 1. The van der Waals surface area contributed by atoms with Gasteiger partial charge < -0.3 is 20.7 Å². The van der Waals surface area contributed by atoms with Crippen LogP contribution in [-0.4, -0.2) is 41.5 Å². The van der Waals surface area contributed by atoms with Crippen molar-refractivity contribution in [3.8, 4) is 0 Å². The van der Waals surface area contributed by atoms with Crippen LogP contribution in [0.3, 0.4) is 0 Å². The van der Waals surface area contributed by atoms with Crippen LogP contribution in [0.2, 0.25) is 0 Å². The molecular formula is C19H23N5O3. The third kappa shape index (κ3) is 4.52. The van der Waals surface area contributed by atoms with Crippen LogP contribution >= 0.6 is 0 Å². The summed E-state index contributed by atoms with van der Waals surface area (Å²) in [6.45, 7) is 3.47. The second kappa shape index (κ2) is 8.48. The number of carbonyl (C=O) groups excluding carboxylic acids is 2. The molecule has 3 rings (SSSR count). The molecule has 2 aromatic rings. The molecule has 1 fully saturated rings. The summed E-state index contributed by atoms with van der Waals surface area (Å²) in [6.07, 6.45) is 2.80. The zero-order valence-electron chi connectivity index (χ0n) is 15.2. The van der Waals surface area contributed by atoms with Gasteiger partial charge in [0, 0.05) is 25.0 Å². The predicted molar refractivity (Wildman–Crippen MR) is 102 cm³/mol. The van der Waals surface area contributed by atoms with Crippen molar-refractivity contribution in [1.29, 1.82) is 0 Å². The number of carbonyl (C=O) groups is 2. The molecule has 1 saturated heterocycles. The van der Waals surface area contributed by atoms with E-state index >= 15 is 0 Å². The number of nitrogens with two attached hydrogens (primary N) is 1. The number of nitrogens with zero attached hydrogens (tertiary/aromatic N) is 3. The van der Waals surface area contributed by atoms with Gasteiger partial charge in [0.15, 0.2) is 0 Å². The number of nitrogens with one attached hydrogen (secondary N) is 1. The molecule has 3 N–H and O–H groups in total. The first-order valence-corrected chi connectivity index (χ1v) is 8.99. The molecule has 27 heavy (non-hydrogen) atoms. The highest BCUT2D eigenvalue weighted by molar-refractivity contribution is 6.07. The van der Waals surface area contributed by atoms with Crippen molar-refractivity contribution >= 4 is 29.3 Å². The van der Waals surface area contributed by atoms with Crippen molar-refractivity contribution in [3.05, 3.63) is 42.1 Å². The molecule has 1 aliphatic heterocycles. The molecule has 1 aromatic heterocycles. The average molecular weight is 369 g/mol. The van der Waals surface area contributed by atoms with Gasteiger partial charge in [-0.15, -0.1) is 0 Å². The molecule has 0 radical (unpaired) electrons. The van der Waals surface area contributed by atoms with Crippen molar-refractivity contribution in [2.45, 2.75) is 19.8 Å². The molecule has 142 valence electrons. The minimum Gasteiger partial charge on any atom is -0.466 e. The zero-order valence-corrected chi connectivity index (χ0v) is 15.2. The lowest BCUT2D eigenvalue weighted by molar-refractivity contribution is -0.148. The van der Waals surface area contributed by atoms with Crippen molar-refractivity contribution in [3.63, 3.8) is 0 Å². The molecular weight excluding hydrogens is 346 g/mol.